The Kier molecular flexibility index (Phi) is 7.00. The lowest BCUT2D eigenvalue weighted by atomic mass is 10.4. The second-order valence-corrected chi connectivity index (χ2v) is 4.51. The largest absolute Gasteiger partial charge is 0.461 e. The maximum atomic E-state index is 5.62. The van der Waals surface area contributed by atoms with Crippen molar-refractivity contribution in [3.63, 3.8) is 0 Å². The molecule has 0 aliphatic rings. The Balaban J connectivity index is 2.79. The standard InChI is InChI=1S/C13H24N4O3/c1-6-14-11-15-12(19-9(3)4)17-13(16-11)20-10(5)8-18-7-2/h9-10H,6-8H2,1-5H3,(H,14,15,16,17). The van der Waals surface area contributed by atoms with Crippen LogP contribution < -0.4 is 14.8 Å². The summed E-state index contributed by atoms with van der Waals surface area (Å²) in [6.45, 7) is 11.5. The SMILES string of the molecule is CCNc1nc(OC(C)C)nc(OC(C)COCC)n1. The maximum absolute atomic E-state index is 5.62. The van der Waals surface area contributed by atoms with Crippen molar-refractivity contribution < 1.29 is 14.2 Å². The van der Waals surface area contributed by atoms with Crippen LogP contribution in [0, 0.1) is 0 Å². The van der Waals surface area contributed by atoms with E-state index < -0.39 is 0 Å². The number of aromatic nitrogens is 3. The van der Waals surface area contributed by atoms with Gasteiger partial charge in [-0.3, -0.25) is 0 Å². The van der Waals surface area contributed by atoms with Crippen LogP contribution in [0.1, 0.15) is 34.6 Å². The fraction of sp³-hybridized carbons (Fsp3) is 0.769. The van der Waals surface area contributed by atoms with Crippen LogP contribution in [0.15, 0.2) is 0 Å². The Morgan fingerprint density at radius 3 is 2.20 bits per heavy atom. The molecule has 0 aliphatic carbocycles. The first-order valence-electron chi connectivity index (χ1n) is 6.96. The normalized spacial score (nSPS) is 12.3. The molecule has 1 heterocycles. The Bertz CT molecular complexity index is 401. The van der Waals surface area contributed by atoms with E-state index in [4.69, 9.17) is 14.2 Å². The molecule has 0 amide bonds. The molecule has 1 aromatic heterocycles. The molecule has 7 nitrogen and oxygen atoms in total. The lowest BCUT2D eigenvalue weighted by Crippen LogP contribution is -2.21. The van der Waals surface area contributed by atoms with Crippen molar-refractivity contribution in [1.82, 2.24) is 15.0 Å². The number of nitrogens with one attached hydrogen (secondary N) is 1. The van der Waals surface area contributed by atoms with Gasteiger partial charge in [-0.15, -0.1) is 4.98 Å². The van der Waals surface area contributed by atoms with Crippen molar-refractivity contribution in [1.29, 1.82) is 0 Å². The van der Waals surface area contributed by atoms with Gasteiger partial charge in [-0.1, -0.05) is 0 Å². The summed E-state index contributed by atoms with van der Waals surface area (Å²) in [6.07, 6.45) is -0.153. The molecule has 114 valence electrons. The predicted octanol–water partition coefficient (Wildman–Crippen LogP) is 1.89. The number of hydrogen-bond donors (Lipinski definition) is 1. The Morgan fingerprint density at radius 1 is 1.00 bits per heavy atom. The first-order valence-corrected chi connectivity index (χ1v) is 6.96. The molecule has 20 heavy (non-hydrogen) atoms. The molecular weight excluding hydrogens is 260 g/mol. The summed E-state index contributed by atoms with van der Waals surface area (Å²) in [5.74, 6) is 0.441. The van der Waals surface area contributed by atoms with E-state index in [1.165, 1.54) is 0 Å². The van der Waals surface area contributed by atoms with Gasteiger partial charge in [-0.2, -0.15) is 9.97 Å². The van der Waals surface area contributed by atoms with E-state index in [1.807, 2.05) is 34.6 Å². The zero-order chi connectivity index (χ0) is 15.0. The van der Waals surface area contributed by atoms with Crippen LogP contribution in [0.5, 0.6) is 12.0 Å². The third-order valence-electron chi connectivity index (χ3n) is 2.13. The fourth-order valence-electron chi connectivity index (χ4n) is 1.39. The summed E-state index contributed by atoms with van der Waals surface area (Å²) in [5, 5.41) is 3.02. The zero-order valence-electron chi connectivity index (χ0n) is 12.8. The molecule has 1 rings (SSSR count). The van der Waals surface area contributed by atoms with Crippen molar-refractivity contribution >= 4 is 5.95 Å². The quantitative estimate of drug-likeness (QED) is 0.741. The van der Waals surface area contributed by atoms with Gasteiger partial charge < -0.3 is 19.5 Å². The first kappa shape index (κ1) is 16.4. The van der Waals surface area contributed by atoms with E-state index >= 15 is 0 Å². The van der Waals surface area contributed by atoms with Crippen molar-refractivity contribution in [2.45, 2.75) is 46.8 Å². The van der Waals surface area contributed by atoms with Gasteiger partial charge in [-0.05, 0) is 34.6 Å². The minimum atomic E-state index is -0.140. The lowest BCUT2D eigenvalue weighted by molar-refractivity contribution is 0.0598. The predicted molar refractivity (Wildman–Crippen MR) is 76.3 cm³/mol. The van der Waals surface area contributed by atoms with Crippen molar-refractivity contribution in [3.05, 3.63) is 0 Å². The first-order chi connectivity index (χ1) is 9.55. The molecule has 0 bridgehead atoms. The Morgan fingerprint density at radius 2 is 1.65 bits per heavy atom. The highest BCUT2D eigenvalue weighted by atomic mass is 16.5. The van der Waals surface area contributed by atoms with Gasteiger partial charge in [-0.25, -0.2) is 0 Å². The van der Waals surface area contributed by atoms with E-state index in [2.05, 4.69) is 20.3 Å². The van der Waals surface area contributed by atoms with Gasteiger partial charge in [0.05, 0.1) is 12.7 Å². The molecule has 7 heteroatoms. The average molecular weight is 284 g/mol. The molecule has 0 saturated carbocycles. The minimum absolute atomic E-state index is 0.0134. The molecule has 0 saturated heterocycles. The molecule has 0 aliphatic heterocycles. The van der Waals surface area contributed by atoms with Gasteiger partial charge in [0.1, 0.15) is 6.10 Å². The van der Waals surface area contributed by atoms with Crippen LogP contribution in [0.25, 0.3) is 0 Å². The molecule has 0 aromatic carbocycles. The van der Waals surface area contributed by atoms with E-state index in [0.717, 1.165) is 0 Å². The summed E-state index contributed by atoms with van der Waals surface area (Å²) in [7, 11) is 0. The van der Waals surface area contributed by atoms with E-state index in [9.17, 15) is 0 Å². The maximum Gasteiger partial charge on any atom is 0.324 e. The topological polar surface area (TPSA) is 78.4 Å². The molecule has 0 radical (unpaired) electrons. The van der Waals surface area contributed by atoms with Gasteiger partial charge in [0.25, 0.3) is 0 Å². The average Bonchev–Trinajstić information content (AvgIpc) is 2.35. The third kappa shape index (κ3) is 6.01. The molecule has 1 atom stereocenters. The van der Waals surface area contributed by atoms with Crippen LogP contribution in [-0.4, -0.2) is 46.9 Å². The van der Waals surface area contributed by atoms with Crippen LogP contribution in [0.4, 0.5) is 5.95 Å². The highest BCUT2D eigenvalue weighted by Crippen LogP contribution is 2.15. The summed E-state index contributed by atoms with van der Waals surface area (Å²) in [5.41, 5.74) is 0. The molecule has 1 aromatic rings. The number of nitrogens with zero attached hydrogens (tertiary/aromatic N) is 3. The number of hydrogen-bond acceptors (Lipinski definition) is 7. The Hall–Kier alpha value is -1.63. The van der Waals surface area contributed by atoms with E-state index in [-0.39, 0.29) is 24.2 Å². The smallest absolute Gasteiger partial charge is 0.324 e. The summed E-state index contributed by atoms with van der Waals surface area (Å²) < 4.78 is 16.4. The fourth-order valence-corrected chi connectivity index (χ4v) is 1.39. The van der Waals surface area contributed by atoms with Crippen molar-refractivity contribution in [2.75, 3.05) is 25.1 Å². The number of rotatable bonds is 9. The summed E-state index contributed by atoms with van der Waals surface area (Å²) >= 11 is 0. The second-order valence-electron chi connectivity index (χ2n) is 4.51. The highest BCUT2D eigenvalue weighted by molar-refractivity contribution is 5.27. The molecule has 0 fully saturated rings. The molecule has 1 N–H and O–H groups in total. The zero-order valence-corrected chi connectivity index (χ0v) is 12.8. The second kappa shape index (κ2) is 8.52. The number of anilines is 1. The molecule has 0 spiro atoms. The highest BCUT2D eigenvalue weighted by Gasteiger charge is 2.12. The number of ether oxygens (including phenoxy) is 3. The van der Waals surface area contributed by atoms with Gasteiger partial charge in [0.15, 0.2) is 0 Å². The monoisotopic (exact) mass is 284 g/mol. The minimum Gasteiger partial charge on any atom is -0.461 e. The van der Waals surface area contributed by atoms with Gasteiger partial charge >= 0.3 is 12.0 Å². The van der Waals surface area contributed by atoms with Gasteiger partial charge in [0, 0.05) is 13.2 Å². The van der Waals surface area contributed by atoms with Crippen LogP contribution >= 0.6 is 0 Å². The third-order valence-corrected chi connectivity index (χ3v) is 2.13. The summed E-state index contributed by atoms with van der Waals surface area (Å²) in [4.78, 5) is 12.5. The van der Waals surface area contributed by atoms with Crippen LogP contribution in [-0.2, 0) is 4.74 Å². The molecule has 1 unspecified atom stereocenters. The lowest BCUT2D eigenvalue weighted by Gasteiger charge is -2.15. The summed E-state index contributed by atoms with van der Waals surface area (Å²) in [6, 6.07) is 0.489. The van der Waals surface area contributed by atoms with Gasteiger partial charge in [0.2, 0.25) is 5.95 Å². The van der Waals surface area contributed by atoms with E-state index in [1.54, 1.807) is 0 Å². The van der Waals surface area contributed by atoms with Crippen molar-refractivity contribution in [2.24, 2.45) is 0 Å². The van der Waals surface area contributed by atoms with Crippen LogP contribution in [0.2, 0.25) is 0 Å². The molecular formula is C13H24N4O3. The Labute approximate surface area is 120 Å². The van der Waals surface area contributed by atoms with Crippen molar-refractivity contribution in [3.8, 4) is 12.0 Å². The van der Waals surface area contributed by atoms with E-state index in [0.29, 0.717) is 25.7 Å². The van der Waals surface area contributed by atoms with Crippen LogP contribution in [0.3, 0.4) is 0 Å².